The second kappa shape index (κ2) is 8.60. The molecule has 28 heavy (non-hydrogen) atoms. The molecule has 2 saturated heterocycles. The lowest BCUT2D eigenvalue weighted by atomic mass is 10.2. The van der Waals surface area contributed by atoms with Gasteiger partial charge in [0, 0.05) is 44.7 Å². The Hall–Kier alpha value is -2.61. The Kier molecular flexibility index (Phi) is 5.76. The highest BCUT2D eigenvalue weighted by atomic mass is 16.6. The van der Waals surface area contributed by atoms with Crippen LogP contribution in [0.2, 0.25) is 0 Å². The molecule has 8 nitrogen and oxygen atoms in total. The smallest absolute Gasteiger partial charge is 0.409 e. The van der Waals surface area contributed by atoms with Crippen molar-refractivity contribution in [2.75, 3.05) is 56.2 Å². The van der Waals surface area contributed by atoms with Crippen molar-refractivity contribution in [2.45, 2.75) is 25.9 Å². The first-order valence-electron chi connectivity index (χ1n) is 10.0. The van der Waals surface area contributed by atoms with Crippen molar-refractivity contribution < 1.29 is 14.3 Å². The molecule has 1 N–H and O–H groups in total. The molecule has 1 aromatic carbocycles. The fourth-order valence-corrected chi connectivity index (χ4v) is 3.66. The molecule has 0 spiro atoms. The first-order valence-corrected chi connectivity index (χ1v) is 10.0. The van der Waals surface area contributed by atoms with Gasteiger partial charge in [-0.05, 0) is 31.9 Å². The van der Waals surface area contributed by atoms with E-state index in [1.54, 1.807) is 4.90 Å². The van der Waals surface area contributed by atoms with E-state index in [2.05, 4.69) is 10.2 Å². The molecule has 2 aromatic rings. The van der Waals surface area contributed by atoms with Crippen molar-refractivity contribution >= 4 is 28.8 Å². The van der Waals surface area contributed by atoms with E-state index in [1.165, 1.54) is 0 Å². The minimum Gasteiger partial charge on any atom is -0.450 e. The molecule has 8 heteroatoms. The first kappa shape index (κ1) is 18.7. The molecule has 2 aliphatic heterocycles. The Morgan fingerprint density at radius 2 is 2.07 bits per heavy atom. The summed E-state index contributed by atoms with van der Waals surface area (Å²) in [5.74, 6) is 1.53. The number of benzene rings is 1. The van der Waals surface area contributed by atoms with Gasteiger partial charge < -0.3 is 24.6 Å². The molecule has 0 bridgehead atoms. The van der Waals surface area contributed by atoms with Gasteiger partial charge in [-0.15, -0.1) is 0 Å². The molecule has 0 aliphatic carbocycles. The van der Waals surface area contributed by atoms with Crippen molar-refractivity contribution in [3.8, 4) is 0 Å². The van der Waals surface area contributed by atoms with Gasteiger partial charge in [0.1, 0.15) is 5.82 Å². The average Bonchev–Trinajstić information content (AvgIpc) is 3.26. The normalized spacial score (nSPS) is 19.8. The van der Waals surface area contributed by atoms with Crippen molar-refractivity contribution in [1.29, 1.82) is 0 Å². The molecule has 4 rings (SSSR count). The molecule has 150 valence electrons. The van der Waals surface area contributed by atoms with Crippen molar-refractivity contribution in [1.82, 2.24) is 14.9 Å². The summed E-state index contributed by atoms with van der Waals surface area (Å²) in [7, 11) is 0. The summed E-state index contributed by atoms with van der Waals surface area (Å²) in [5, 5.41) is 4.47. The molecular weight excluding hydrogens is 358 g/mol. The van der Waals surface area contributed by atoms with Crippen LogP contribution >= 0.6 is 0 Å². The fourth-order valence-electron chi connectivity index (χ4n) is 3.66. The number of rotatable bonds is 5. The molecule has 2 fully saturated rings. The van der Waals surface area contributed by atoms with Crippen molar-refractivity contribution in [3.63, 3.8) is 0 Å². The molecule has 1 atom stereocenters. The zero-order valence-corrected chi connectivity index (χ0v) is 16.3. The summed E-state index contributed by atoms with van der Waals surface area (Å²) in [6.45, 7) is 6.38. The van der Waals surface area contributed by atoms with Gasteiger partial charge in [0.15, 0.2) is 0 Å². The molecule has 1 aromatic heterocycles. The molecule has 3 heterocycles. The summed E-state index contributed by atoms with van der Waals surface area (Å²) >= 11 is 0. The number of hydrogen-bond acceptors (Lipinski definition) is 7. The number of fused-ring (bicyclic) bond motifs is 1. The number of carbonyl (C=O) groups is 1. The predicted molar refractivity (Wildman–Crippen MR) is 108 cm³/mol. The monoisotopic (exact) mass is 385 g/mol. The van der Waals surface area contributed by atoms with Gasteiger partial charge in [0.25, 0.3) is 0 Å². The largest absolute Gasteiger partial charge is 0.450 e. The van der Waals surface area contributed by atoms with Crippen molar-refractivity contribution in [2.24, 2.45) is 0 Å². The number of amides is 1. The molecule has 0 saturated carbocycles. The number of para-hydroxylation sites is 1. The van der Waals surface area contributed by atoms with Crippen LogP contribution in [0.3, 0.4) is 0 Å². The first-order chi connectivity index (χ1) is 13.7. The highest BCUT2D eigenvalue weighted by Crippen LogP contribution is 2.25. The number of anilines is 2. The van der Waals surface area contributed by atoms with Crippen LogP contribution in [-0.2, 0) is 9.47 Å². The van der Waals surface area contributed by atoms with Gasteiger partial charge in [-0.3, -0.25) is 0 Å². The van der Waals surface area contributed by atoms with Gasteiger partial charge in [0.2, 0.25) is 5.95 Å². The number of ether oxygens (including phenoxy) is 2. The van der Waals surface area contributed by atoms with E-state index in [4.69, 9.17) is 19.4 Å². The highest BCUT2D eigenvalue weighted by Gasteiger charge is 2.24. The molecule has 0 radical (unpaired) electrons. The molecule has 2 aliphatic rings. The van der Waals surface area contributed by atoms with E-state index in [1.807, 2.05) is 31.2 Å². The third-order valence-corrected chi connectivity index (χ3v) is 5.20. The number of aromatic nitrogens is 2. The summed E-state index contributed by atoms with van der Waals surface area (Å²) in [4.78, 5) is 25.3. The van der Waals surface area contributed by atoms with E-state index in [-0.39, 0.29) is 12.2 Å². The maximum atomic E-state index is 11.9. The lowest BCUT2D eigenvalue weighted by molar-refractivity contribution is 0.105. The van der Waals surface area contributed by atoms with Gasteiger partial charge >= 0.3 is 6.09 Å². The predicted octanol–water partition coefficient (Wildman–Crippen LogP) is 2.50. The third kappa shape index (κ3) is 4.11. The van der Waals surface area contributed by atoms with Crippen LogP contribution in [0.4, 0.5) is 16.6 Å². The fraction of sp³-hybridized carbons (Fsp3) is 0.550. The van der Waals surface area contributed by atoms with Gasteiger partial charge in [-0.2, -0.15) is 4.98 Å². The standard InChI is InChI=1S/C20H27N5O3/c1-2-27-20(26)25-11-9-24(10-12-25)19-22-17-8-4-3-7-16(17)18(23-19)21-14-15-6-5-13-28-15/h3-4,7-8,15H,2,5-6,9-14H2,1H3,(H,21,22,23)/t15-/m1/s1. The Morgan fingerprint density at radius 1 is 1.25 bits per heavy atom. The quantitative estimate of drug-likeness (QED) is 0.847. The second-order valence-electron chi connectivity index (χ2n) is 7.08. The van der Waals surface area contributed by atoms with E-state index < -0.39 is 0 Å². The molecular formula is C20H27N5O3. The minimum absolute atomic E-state index is 0.241. The lowest BCUT2D eigenvalue weighted by Gasteiger charge is -2.34. The molecule has 1 amide bonds. The van der Waals surface area contributed by atoms with Crippen LogP contribution in [0, 0.1) is 0 Å². The highest BCUT2D eigenvalue weighted by molar-refractivity contribution is 5.90. The lowest BCUT2D eigenvalue weighted by Crippen LogP contribution is -2.49. The van der Waals surface area contributed by atoms with Crippen LogP contribution in [-0.4, -0.2) is 73.0 Å². The number of hydrogen-bond donors (Lipinski definition) is 1. The zero-order valence-electron chi connectivity index (χ0n) is 16.3. The SMILES string of the molecule is CCOC(=O)N1CCN(c2nc(NC[C@H]3CCCO3)c3ccccc3n2)CC1. The van der Waals surface area contributed by atoms with Crippen LogP contribution < -0.4 is 10.2 Å². The van der Waals surface area contributed by atoms with E-state index >= 15 is 0 Å². The maximum absolute atomic E-state index is 11.9. The summed E-state index contributed by atoms with van der Waals surface area (Å²) in [6, 6.07) is 8.03. The van der Waals surface area contributed by atoms with Crippen LogP contribution in [0.5, 0.6) is 0 Å². The third-order valence-electron chi connectivity index (χ3n) is 5.20. The topological polar surface area (TPSA) is 79.8 Å². The van der Waals surface area contributed by atoms with E-state index in [0.29, 0.717) is 38.7 Å². The Labute approximate surface area is 164 Å². The van der Waals surface area contributed by atoms with Crippen LogP contribution in [0.15, 0.2) is 24.3 Å². The number of nitrogens with zero attached hydrogens (tertiary/aromatic N) is 4. The second-order valence-corrected chi connectivity index (χ2v) is 7.08. The Bertz CT molecular complexity index is 817. The summed E-state index contributed by atoms with van der Waals surface area (Å²) < 4.78 is 10.8. The van der Waals surface area contributed by atoms with Crippen LogP contribution in [0.1, 0.15) is 19.8 Å². The van der Waals surface area contributed by atoms with Gasteiger partial charge in [-0.25, -0.2) is 9.78 Å². The number of nitrogens with one attached hydrogen (secondary N) is 1. The van der Waals surface area contributed by atoms with Crippen molar-refractivity contribution in [3.05, 3.63) is 24.3 Å². The summed E-state index contributed by atoms with van der Waals surface area (Å²) in [5.41, 5.74) is 0.912. The Balaban J connectivity index is 1.50. The van der Waals surface area contributed by atoms with Gasteiger partial charge in [-0.1, -0.05) is 12.1 Å². The molecule has 0 unspecified atom stereocenters. The zero-order chi connectivity index (χ0) is 19.3. The van der Waals surface area contributed by atoms with E-state index in [9.17, 15) is 4.79 Å². The van der Waals surface area contributed by atoms with E-state index in [0.717, 1.165) is 42.7 Å². The Morgan fingerprint density at radius 3 is 2.82 bits per heavy atom. The summed E-state index contributed by atoms with van der Waals surface area (Å²) in [6.07, 6.45) is 2.19. The minimum atomic E-state index is -0.250. The number of carbonyl (C=O) groups excluding carboxylic acids is 1. The maximum Gasteiger partial charge on any atom is 0.409 e. The van der Waals surface area contributed by atoms with Gasteiger partial charge in [0.05, 0.1) is 18.2 Å². The van der Waals surface area contributed by atoms with Crippen LogP contribution in [0.25, 0.3) is 10.9 Å². The average molecular weight is 385 g/mol. The number of piperazine rings is 1.